The van der Waals surface area contributed by atoms with Crippen LogP contribution in [0.1, 0.15) is 18.1 Å². The number of amides is 3. The highest BCUT2D eigenvalue weighted by Crippen LogP contribution is 2.34. The van der Waals surface area contributed by atoms with Crippen molar-refractivity contribution in [1.29, 1.82) is 0 Å². The molecule has 0 atom stereocenters. The number of aryl methyl sites for hydroxylation is 1. The van der Waals surface area contributed by atoms with Gasteiger partial charge in [-0.1, -0.05) is 24.3 Å². The van der Waals surface area contributed by atoms with Crippen LogP contribution in [0, 0.1) is 6.92 Å². The molecular formula is C21H20N2O5S. The number of aromatic hydroxyl groups is 1. The van der Waals surface area contributed by atoms with Crippen molar-refractivity contribution in [2.24, 2.45) is 0 Å². The highest BCUT2D eigenvalue weighted by Gasteiger charge is 2.36. The van der Waals surface area contributed by atoms with Gasteiger partial charge in [-0.25, -0.2) is 0 Å². The van der Waals surface area contributed by atoms with Crippen molar-refractivity contribution in [2.75, 3.05) is 18.5 Å². The van der Waals surface area contributed by atoms with E-state index in [4.69, 9.17) is 4.74 Å². The Bertz CT molecular complexity index is 1000. The van der Waals surface area contributed by atoms with Gasteiger partial charge in [0, 0.05) is 5.69 Å². The van der Waals surface area contributed by atoms with E-state index >= 15 is 0 Å². The van der Waals surface area contributed by atoms with Gasteiger partial charge in [0.1, 0.15) is 6.54 Å². The normalized spacial score (nSPS) is 15.1. The predicted octanol–water partition coefficient (Wildman–Crippen LogP) is 3.77. The predicted molar refractivity (Wildman–Crippen MR) is 112 cm³/mol. The molecule has 3 rings (SSSR count). The lowest BCUT2D eigenvalue weighted by Crippen LogP contribution is -2.36. The van der Waals surface area contributed by atoms with Crippen LogP contribution >= 0.6 is 11.8 Å². The van der Waals surface area contributed by atoms with Crippen LogP contribution < -0.4 is 10.1 Å². The van der Waals surface area contributed by atoms with Crippen molar-refractivity contribution < 1.29 is 24.2 Å². The summed E-state index contributed by atoms with van der Waals surface area (Å²) in [6.45, 7) is 3.66. The molecular weight excluding hydrogens is 392 g/mol. The quantitative estimate of drug-likeness (QED) is 0.701. The largest absolute Gasteiger partial charge is 0.504 e. The Balaban J connectivity index is 1.72. The third-order valence-corrected chi connectivity index (χ3v) is 5.08. The van der Waals surface area contributed by atoms with E-state index in [0.717, 1.165) is 22.2 Å². The molecule has 0 bridgehead atoms. The molecule has 150 valence electrons. The molecule has 3 amide bonds. The van der Waals surface area contributed by atoms with Gasteiger partial charge in [-0.2, -0.15) is 0 Å². The molecule has 0 aromatic heterocycles. The summed E-state index contributed by atoms with van der Waals surface area (Å²) < 4.78 is 5.33. The van der Waals surface area contributed by atoms with Crippen LogP contribution in [0.2, 0.25) is 0 Å². The number of carbonyl (C=O) groups is 3. The fourth-order valence-corrected chi connectivity index (χ4v) is 3.56. The fraction of sp³-hybridized carbons (Fsp3) is 0.190. The molecule has 29 heavy (non-hydrogen) atoms. The van der Waals surface area contributed by atoms with Crippen LogP contribution in [0.3, 0.4) is 0 Å². The summed E-state index contributed by atoms with van der Waals surface area (Å²) >= 11 is 0.767. The molecule has 0 radical (unpaired) electrons. The lowest BCUT2D eigenvalue weighted by molar-refractivity contribution is -0.127. The summed E-state index contributed by atoms with van der Waals surface area (Å²) in [5, 5.41) is 12.0. The maximum Gasteiger partial charge on any atom is 0.294 e. The van der Waals surface area contributed by atoms with Gasteiger partial charge in [0.15, 0.2) is 11.5 Å². The molecule has 1 fully saturated rings. The lowest BCUT2D eigenvalue weighted by Gasteiger charge is -2.13. The number of thioether (sulfide) groups is 1. The molecule has 0 spiro atoms. The molecule has 0 saturated carbocycles. The summed E-state index contributed by atoms with van der Waals surface area (Å²) in [5.74, 6) is -0.708. The number of para-hydroxylation sites is 1. The number of rotatable bonds is 6. The van der Waals surface area contributed by atoms with Crippen molar-refractivity contribution in [1.82, 2.24) is 4.90 Å². The third kappa shape index (κ3) is 4.78. The first kappa shape index (κ1) is 20.5. The second-order valence-corrected chi connectivity index (χ2v) is 7.28. The van der Waals surface area contributed by atoms with E-state index in [1.807, 2.05) is 19.1 Å². The van der Waals surface area contributed by atoms with Gasteiger partial charge in [0.25, 0.3) is 11.1 Å². The molecule has 1 aliphatic heterocycles. The second-order valence-electron chi connectivity index (χ2n) is 6.29. The highest BCUT2D eigenvalue weighted by atomic mass is 32.2. The SMILES string of the molecule is CCOc1cc(/C=C2\SC(=O)N(CC(=O)Nc3ccccc3C)C2=O)ccc1O. The maximum absolute atomic E-state index is 12.6. The summed E-state index contributed by atoms with van der Waals surface area (Å²) in [5.41, 5.74) is 2.11. The van der Waals surface area contributed by atoms with Crippen LogP contribution in [0.4, 0.5) is 10.5 Å². The lowest BCUT2D eigenvalue weighted by atomic mass is 10.2. The second kappa shape index (κ2) is 8.83. The zero-order chi connectivity index (χ0) is 21.0. The average molecular weight is 412 g/mol. The number of benzene rings is 2. The Labute approximate surface area is 172 Å². The van der Waals surface area contributed by atoms with Crippen LogP contribution in [-0.2, 0) is 9.59 Å². The molecule has 2 aromatic rings. The van der Waals surface area contributed by atoms with Crippen LogP contribution in [0.5, 0.6) is 11.5 Å². The first-order chi connectivity index (χ1) is 13.9. The number of hydrogen-bond donors (Lipinski definition) is 2. The molecule has 0 aliphatic carbocycles. The Hall–Kier alpha value is -3.26. The molecule has 1 heterocycles. The van der Waals surface area contributed by atoms with E-state index in [1.54, 1.807) is 31.2 Å². The minimum atomic E-state index is -0.536. The summed E-state index contributed by atoms with van der Waals surface area (Å²) in [7, 11) is 0. The molecule has 1 saturated heterocycles. The van der Waals surface area contributed by atoms with E-state index in [-0.39, 0.29) is 22.9 Å². The monoisotopic (exact) mass is 412 g/mol. The van der Waals surface area contributed by atoms with Crippen LogP contribution in [-0.4, -0.2) is 40.2 Å². The summed E-state index contributed by atoms with van der Waals surface area (Å²) in [4.78, 5) is 38.3. The highest BCUT2D eigenvalue weighted by molar-refractivity contribution is 8.18. The number of anilines is 1. The molecule has 7 nitrogen and oxygen atoms in total. The van der Waals surface area contributed by atoms with Gasteiger partial charge in [0.2, 0.25) is 5.91 Å². The summed E-state index contributed by atoms with van der Waals surface area (Å²) in [6, 6.07) is 11.9. The zero-order valence-corrected chi connectivity index (χ0v) is 16.8. The van der Waals surface area contributed by atoms with Gasteiger partial charge in [0.05, 0.1) is 11.5 Å². The minimum Gasteiger partial charge on any atom is -0.504 e. The van der Waals surface area contributed by atoms with Crippen molar-refractivity contribution in [2.45, 2.75) is 13.8 Å². The van der Waals surface area contributed by atoms with Crippen molar-refractivity contribution >= 4 is 40.6 Å². The van der Waals surface area contributed by atoms with Crippen LogP contribution in [0.15, 0.2) is 47.4 Å². The average Bonchev–Trinajstić information content (AvgIpc) is 2.94. The molecule has 2 aromatic carbocycles. The Morgan fingerprint density at radius 1 is 1.24 bits per heavy atom. The van der Waals surface area contributed by atoms with E-state index in [9.17, 15) is 19.5 Å². The van der Waals surface area contributed by atoms with Crippen LogP contribution in [0.25, 0.3) is 6.08 Å². The first-order valence-electron chi connectivity index (χ1n) is 8.95. The van der Waals surface area contributed by atoms with Gasteiger partial charge < -0.3 is 15.2 Å². The fourth-order valence-electron chi connectivity index (χ4n) is 2.73. The van der Waals surface area contributed by atoms with Gasteiger partial charge >= 0.3 is 0 Å². The third-order valence-electron chi connectivity index (χ3n) is 4.18. The maximum atomic E-state index is 12.6. The number of carbonyl (C=O) groups excluding carboxylic acids is 3. The number of hydrogen-bond acceptors (Lipinski definition) is 6. The van der Waals surface area contributed by atoms with E-state index in [0.29, 0.717) is 17.9 Å². The Morgan fingerprint density at radius 3 is 2.72 bits per heavy atom. The summed E-state index contributed by atoms with van der Waals surface area (Å²) in [6.07, 6.45) is 1.53. The van der Waals surface area contributed by atoms with E-state index < -0.39 is 17.1 Å². The van der Waals surface area contributed by atoms with E-state index in [2.05, 4.69) is 5.32 Å². The number of phenols is 1. The topological polar surface area (TPSA) is 95.9 Å². The van der Waals surface area contributed by atoms with Crippen molar-refractivity contribution in [3.05, 3.63) is 58.5 Å². The Kier molecular flexibility index (Phi) is 6.23. The van der Waals surface area contributed by atoms with E-state index in [1.165, 1.54) is 12.1 Å². The smallest absolute Gasteiger partial charge is 0.294 e. The first-order valence-corrected chi connectivity index (χ1v) is 9.77. The standard InChI is InChI=1S/C21H20N2O5S/c1-3-28-17-10-14(8-9-16(17)24)11-18-20(26)23(21(27)29-18)12-19(25)22-15-7-5-4-6-13(15)2/h4-11,24H,3,12H2,1-2H3,(H,22,25)/b18-11-. The molecule has 8 heteroatoms. The number of nitrogens with zero attached hydrogens (tertiary/aromatic N) is 1. The number of phenolic OH excluding ortho intramolecular Hbond substituents is 1. The van der Waals surface area contributed by atoms with Gasteiger partial charge in [-0.05, 0) is 61.0 Å². The molecule has 1 aliphatic rings. The minimum absolute atomic E-state index is 0.00928. The van der Waals surface area contributed by atoms with Gasteiger partial charge in [-0.15, -0.1) is 0 Å². The number of imide groups is 1. The Morgan fingerprint density at radius 2 is 2.00 bits per heavy atom. The molecule has 2 N–H and O–H groups in total. The van der Waals surface area contributed by atoms with Crippen molar-refractivity contribution in [3.63, 3.8) is 0 Å². The number of nitrogens with one attached hydrogen (secondary N) is 1. The number of ether oxygens (including phenoxy) is 1. The molecule has 0 unspecified atom stereocenters. The van der Waals surface area contributed by atoms with Crippen molar-refractivity contribution in [3.8, 4) is 11.5 Å². The zero-order valence-electron chi connectivity index (χ0n) is 16.0. The van der Waals surface area contributed by atoms with Gasteiger partial charge in [-0.3, -0.25) is 19.3 Å².